The lowest BCUT2D eigenvalue weighted by molar-refractivity contribution is -0.140. The minimum Gasteiger partial charge on any atom is -0.342 e. The average Bonchev–Trinajstić information content (AvgIpc) is 2.81. The molecule has 1 aromatic carbocycles. The van der Waals surface area contributed by atoms with Gasteiger partial charge in [-0.2, -0.15) is 0 Å². The number of hydrogen-bond acceptors (Lipinski definition) is 3. The Hall–Kier alpha value is -2.08. The van der Waals surface area contributed by atoms with Gasteiger partial charge in [-0.05, 0) is 30.5 Å². The molecule has 0 aromatic heterocycles. The van der Waals surface area contributed by atoms with Gasteiger partial charge < -0.3 is 10.2 Å². The molecule has 0 unspecified atom stereocenters. The summed E-state index contributed by atoms with van der Waals surface area (Å²) < 4.78 is 0. The second kappa shape index (κ2) is 6.67. The molecule has 0 aliphatic carbocycles. The number of carbonyl (C=O) groups is 3. The van der Waals surface area contributed by atoms with Crippen LogP contribution in [0.2, 0.25) is 5.02 Å². The average molecular weight is 364 g/mol. The maximum absolute atomic E-state index is 12.9. The summed E-state index contributed by atoms with van der Waals surface area (Å²) in [5.74, 6) is -0.182. The van der Waals surface area contributed by atoms with Gasteiger partial charge in [0.2, 0.25) is 5.91 Å². The summed E-state index contributed by atoms with van der Waals surface area (Å²) in [7, 11) is 0. The highest BCUT2D eigenvalue weighted by Crippen LogP contribution is 2.31. The standard InChI is InChI=1S/C18H22ClN3O3/c1-12(2)15(23)21-9-7-18(8-10-21)16(24)22(17(25)20-18)11-13-3-5-14(19)6-4-13/h3-6,12H,7-11H2,1-2H3,(H,20,25). The van der Waals surface area contributed by atoms with Crippen molar-refractivity contribution in [2.45, 2.75) is 38.8 Å². The third-order valence-corrected chi connectivity index (χ3v) is 5.17. The number of urea groups is 1. The number of rotatable bonds is 3. The quantitative estimate of drug-likeness (QED) is 0.838. The highest BCUT2D eigenvalue weighted by molar-refractivity contribution is 6.30. The van der Waals surface area contributed by atoms with Crippen molar-refractivity contribution in [1.29, 1.82) is 0 Å². The van der Waals surface area contributed by atoms with Crippen molar-refractivity contribution in [1.82, 2.24) is 15.1 Å². The molecule has 2 aliphatic heterocycles. The van der Waals surface area contributed by atoms with E-state index in [0.717, 1.165) is 5.56 Å². The first kappa shape index (κ1) is 17.7. The minimum absolute atomic E-state index is 0.0654. The molecule has 1 spiro atoms. The Morgan fingerprint density at radius 1 is 1.20 bits per heavy atom. The van der Waals surface area contributed by atoms with Crippen LogP contribution in [-0.2, 0) is 16.1 Å². The van der Waals surface area contributed by atoms with Gasteiger partial charge in [-0.15, -0.1) is 0 Å². The van der Waals surface area contributed by atoms with Crippen LogP contribution >= 0.6 is 11.6 Å². The molecule has 0 bridgehead atoms. The van der Waals surface area contributed by atoms with E-state index in [1.165, 1.54) is 4.90 Å². The molecule has 2 fully saturated rings. The molecule has 0 radical (unpaired) electrons. The molecule has 2 saturated heterocycles. The van der Waals surface area contributed by atoms with Crippen LogP contribution in [0.4, 0.5) is 4.79 Å². The number of likely N-dealkylation sites (tertiary alicyclic amines) is 1. The monoisotopic (exact) mass is 363 g/mol. The third-order valence-electron chi connectivity index (χ3n) is 4.92. The van der Waals surface area contributed by atoms with E-state index in [1.54, 1.807) is 29.2 Å². The smallest absolute Gasteiger partial charge is 0.325 e. The summed E-state index contributed by atoms with van der Waals surface area (Å²) in [5, 5.41) is 3.47. The summed E-state index contributed by atoms with van der Waals surface area (Å²) in [6.07, 6.45) is 0.903. The normalized spacial score (nSPS) is 19.7. The molecule has 0 atom stereocenters. The second-order valence-electron chi connectivity index (χ2n) is 7.01. The van der Waals surface area contributed by atoms with E-state index in [4.69, 9.17) is 11.6 Å². The van der Waals surface area contributed by atoms with Gasteiger partial charge in [0.05, 0.1) is 6.54 Å². The first-order chi connectivity index (χ1) is 11.8. The summed E-state index contributed by atoms with van der Waals surface area (Å²) in [6.45, 7) is 4.92. The molecular formula is C18H22ClN3O3. The van der Waals surface area contributed by atoms with Gasteiger partial charge in [0, 0.05) is 24.0 Å². The number of carbonyl (C=O) groups excluding carboxylic acids is 3. The Balaban J connectivity index is 1.69. The lowest BCUT2D eigenvalue weighted by Gasteiger charge is -2.38. The Kier molecular flexibility index (Phi) is 4.73. The van der Waals surface area contributed by atoms with Crippen molar-refractivity contribution in [3.63, 3.8) is 0 Å². The summed E-state index contributed by atoms with van der Waals surface area (Å²) in [6, 6.07) is 6.71. The number of amides is 4. The fourth-order valence-electron chi connectivity index (χ4n) is 3.41. The van der Waals surface area contributed by atoms with E-state index >= 15 is 0 Å². The lowest BCUT2D eigenvalue weighted by atomic mass is 9.87. The largest absolute Gasteiger partial charge is 0.342 e. The number of halogens is 1. The van der Waals surface area contributed by atoms with Gasteiger partial charge in [-0.3, -0.25) is 14.5 Å². The van der Waals surface area contributed by atoms with Crippen molar-refractivity contribution in [2.24, 2.45) is 5.92 Å². The highest BCUT2D eigenvalue weighted by atomic mass is 35.5. The first-order valence-electron chi connectivity index (χ1n) is 8.50. The predicted molar refractivity (Wildman–Crippen MR) is 93.9 cm³/mol. The molecule has 25 heavy (non-hydrogen) atoms. The number of benzene rings is 1. The van der Waals surface area contributed by atoms with Gasteiger partial charge >= 0.3 is 6.03 Å². The summed E-state index contributed by atoms with van der Waals surface area (Å²) in [4.78, 5) is 40.4. The fraction of sp³-hybridized carbons (Fsp3) is 0.500. The van der Waals surface area contributed by atoms with E-state index in [9.17, 15) is 14.4 Å². The third kappa shape index (κ3) is 3.35. The minimum atomic E-state index is -0.878. The fourth-order valence-corrected chi connectivity index (χ4v) is 3.53. The van der Waals surface area contributed by atoms with E-state index in [-0.39, 0.29) is 30.3 Å². The van der Waals surface area contributed by atoms with Crippen LogP contribution < -0.4 is 5.32 Å². The SMILES string of the molecule is CC(C)C(=O)N1CCC2(CC1)NC(=O)N(Cc1ccc(Cl)cc1)C2=O. The lowest BCUT2D eigenvalue weighted by Crippen LogP contribution is -2.56. The molecule has 2 heterocycles. The van der Waals surface area contributed by atoms with E-state index < -0.39 is 5.54 Å². The maximum Gasteiger partial charge on any atom is 0.325 e. The van der Waals surface area contributed by atoms with Crippen LogP contribution in [0.3, 0.4) is 0 Å². The Bertz CT molecular complexity index is 694. The van der Waals surface area contributed by atoms with Gasteiger partial charge in [-0.25, -0.2) is 4.79 Å². The van der Waals surface area contributed by atoms with Crippen LogP contribution in [0.5, 0.6) is 0 Å². The van der Waals surface area contributed by atoms with Crippen molar-refractivity contribution in [3.05, 3.63) is 34.9 Å². The molecule has 6 nitrogen and oxygen atoms in total. The molecule has 3 rings (SSSR count). The number of piperidine rings is 1. The van der Waals surface area contributed by atoms with Gasteiger partial charge in [0.25, 0.3) is 5.91 Å². The Morgan fingerprint density at radius 3 is 2.36 bits per heavy atom. The zero-order valence-electron chi connectivity index (χ0n) is 14.4. The number of nitrogens with zero attached hydrogens (tertiary/aromatic N) is 2. The van der Waals surface area contributed by atoms with Gasteiger partial charge in [0.15, 0.2) is 0 Å². The molecule has 1 aromatic rings. The van der Waals surface area contributed by atoms with Crippen molar-refractivity contribution < 1.29 is 14.4 Å². The molecule has 0 saturated carbocycles. The van der Waals surface area contributed by atoms with Gasteiger partial charge in [0.1, 0.15) is 5.54 Å². The molecule has 2 aliphatic rings. The van der Waals surface area contributed by atoms with Crippen LogP contribution in [0.25, 0.3) is 0 Å². The summed E-state index contributed by atoms with van der Waals surface area (Å²) >= 11 is 5.87. The van der Waals surface area contributed by atoms with Crippen molar-refractivity contribution >= 4 is 29.4 Å². The highest BCUT2D eigenvalue weighted by Gasteiger charge is 2.52. The summed E-state index contributed by atoms with van der Waals surface area (Å²) in [5.41, 5.74) is -0.0329. The zero-order valence-corrected chi connectivity index (χ0v) is 15.2. The van der Waals surface area contributed by atoms with E-state index in [1.807, 2.05) is 13.8 Å². The molecular weight excluding hydrogens is 342 g/mol. The predicted octanol–water partition coefficient (Wildman–Crippen LogP) is 2.41. The molecule has 134 valence electrons. The Morgan fingerprint density at radius 2 is 1.80 bits per heavy atom. The van der Waals surface area contributed by atoms with Crippen molar-refractivity contribution in [2.75, 3.05) is 13.1 Å². The van der Waals surface area contributed by atoms with Gasteiger partial charge in [-0.1, -0.05) is 37.6 Å². The van der Waals surface area contributed by atoms with E-state index in [2.05, 4.69) is 5.32 Å². The molecule has 4 amide bonds. The molecule has 7 heteroatoms. The number of nitrogens with one attached hydrogen (secondary N) is 1. The Labute approximate surface area is 152 Å². The van der Waals surface area contributed by atoms with Crippen LogP contribution in [-0.4, -0.2) is 46.3 Å². The van der Waals surface area contributed by atoms with Crippen LogP contribution in [0.15, 0.2) is 24.3 Å². The first-order valence-corrected chi connectivity index (χ1v) is 8.87. The van der Waals surface area contributed by atoms with E-state index in [0.29, 0.717) is 31.0 Å². The maximum atomic E-state index is 12.9. The molecule has 1 N–H and O–H groups in total. The van der Waals surface area contributed by atoms with Crippen LogP contribution in [0, 0.1) is 5.92 Å². The topological polar surface area (TPSA) is 69.7 Å². The zero-order chi connectivity index (χ0) is 18.2. The van der Waals surface area contributed by atoms with Crippen molar-refractivity contribution in [3.8, 4) is 0 Å². The van der Waals surface area contributed by atoms with Crippen LogP contribution in [0.1, 0.15) is 32.3 Å². The number of hydrogen-bond donors (Lipinski definition) is 1. The number of imide groups is 1. The second-order valence-corrected chi connectivity index (χ2v) is 7.45.